The highest BCUT2D eigenvalue weighted by Crippen LogP contribution is 2.53. The number of phenolic OH excluding ortho intramolecular Hbond substituents is 1. The third-order valence-corrected chi connectivity index (χ3v) is 8.15. The van der Waals surface area contributed by atoms with Crippen LogP contribution in [0.25, 0.3) is 11.1 Å². The molecule has 6 N–H and O–H groups in total. The number of carbonyl (C=O) groups is 3. The zero-order chi connectivity index (χ0) is 28.4. The summed E-state index contributed by atoms with van der Waals surface area (Å²) in [4.78, 5) is 40.9. The molecule has 0 fully saturated rings. The summed E-state index contributed by atoms with van der Waals surface area (Å²) < 4.78 is 5.24. The van der Waals surface area contributed by atoms with Gasteiger partial charge in [0.25, 0.3) is 5.91 Å². The Bertz CT molecular complexity index is 1490. The second kappa shape index (κ2) is 9.33. The number of ether oxygens (including phenoxy) is 1. The molecule has 39 heavy (non-hydrogen) atoms. The standard InChI is InChI=1S/C29H30N2O8/c1-31(2)23-18-11-15-10-17-16(14-6-4-5-13(9-14)12-39-3)7-8-19(32)21(17)24(33)20(15)26(35)29(18,38)27(36)22(25(23)34)28(30)37/h4-9,15,18,23,32,34-35,38H,10-12H2,1-3H3,(H2,30,37)/t15-,18-,23-,29+/m1/s1. The molecule has 3 aliphatic carbocycles. The highest BCUT2D eigenvalue weighted by Gasteiger charge is 2.63. The number of nitrogens with two attached hydrogens (primary N) is 1. The number of methoxy groups -OCH3 is 1. The van der Waals surface area contributed by atoms with Crippen molar-refractivity contribution in [3.8, 4) is 16.9 Å². The minimum atomic E-state index is -2.66. The van der Waals surface area contributed by atoms with E-state index in [4.69, 9.17) is 10.5 Å². The van der Waals surface area contributed by atoms with Crippen LogP contribution in [0.2, 0.25) is 0 Å². The molecule has 4 atom stereocenters. The molecule has 2 aromatic rings. The lowest BCUT2D eigenvalue weighted by molar-refractivity contribution is -0.148. The molecule has 0 saturated carbocycles. The number of aromatic hydroxyl groups is 1. The van der Waals surface area contributed by atoms with E-state index in [1.165, 1.54) is 11.0 Å². The van der Waals surface area contributed by atoms with Gasteiger partial charge in [-0.3, -0.25) is 19.3 Å². The first kappa shape index (κ1) is 26.6. The Kier molecular flexibility index (Phi) is 6.37. The molecule has 0 aromatic heterocycles. The van der Waals surface area contributed by atoms with Crippen LogP contribution in [0, 0.1) is 11.8 Å². The molecular weight excluding hydrogens is 504 g/mol. The lowest BCUT2D eigenvalue weighted by atomic mass is 9.58. The van der Waals surface area contributed by atoms with E-state index in [0.29, 0.717) is 12.2 Å². The molecule has 0 saturated heterocycles. The van der Waals surface area contributed by atoms with Crippen molar-refractivity contribution in [3.63, 3.8) is 0 Å². The molecule has 10 heteroatoms. The van der Waals surface area contributed by atoms with Gasteiger partial charge in [-0.25, -0.2) is 0 Å². The molecule has 0 aliphatic heterocycles. The van der Waals surface area contributed by atoms with Crippen molar-refractivity contribution in [1.82, 2.24) is 4.90 Å². The number of aliphatic hydroxyl groups excluding tert-OH is 2. The number of phenols is 1. The second-order valence-corrected chi connectivity index (χ2v) is 10.6. The first-order chi connectivity index (χ1) is 18.4. The largest absolute Gasteiger partial charge is 0.510 e. The number of carbonyl (C=O) groups excluding carboxylic acids is 3. The summed E-state index contributed by atoms with van der Waals surface area (Å²) in [5, 5.41) is 44.7. The molecule has 0 heterocycles. The zero-order valence-electron chi connectivity index (χ0n) is 21.8. The molecule has 0 unspecified atom stereocenters. The SMILES string of the molecule is COCc1cccc(-c2ccc(O)c3c2C[C@@H]2C[C@@H]4[C@@H](N(C)C)C(O)=C(C(N)=O)C(=O)[C@@]4(O)C(O)=C2C3=O)c1. The van der Waals surface area contributed by atoms with Gasteiger partial charge in [0.2, 0.25) is 5.78 Å². The second-order valence-electron chi connectivity index (χ2n) is 10.6. The summed E-state index contributed by atoms with van der Waals surface area (Å²) in [6.07, 6.45) is 0.247. The summed E-state index contributed by atoms with van der Waals surface area (Å²) in [5.74, 6) is -6.72. The summed E-state index contributed by atoms with van der Waals surface area (Å²) in [6, 6.07) is 9.67. The first-order valence-corrected chi connectivity index (χ1v) is 12.5. The zero-order valence-corrected chi connectivity index (χ0v) is 21.8. The molecule has 1 amide bonds. The molecule has 10 nitrogen and oxygen atoms in total. The first-order valence-electron chi connectivity index (χ1n) is 12.5. The summed E-state index contributed by atoms with van der Waals surface area (Å²) >= 11 is 0. The van der Waals surface area contributed by atoms with Gasteiger partial charge in [0, 0.05) is 18.6 Å². The molecular formula is C29H30N2O8. The average molecular weight is 535 g/mol. The van der Waals surface area contributed by atoms with Crippen molar-refractivity contribution in [1.29, 1.82) is 0 Å². The number of Topliss-reactive ketones (excluding diaryl/α,β-unsaturated/α-hetero) is 2. The van der Waals surface area contributed by atoms with Gasteiger partial charge in [0.05, 0.1) is 18.2 Å². The maximum atomic E-state index is 13.9. The Hall–Kier alpha value is -3.99. The summed E-state index contributed by atoms with van der Waals surface area (Å²) in [6.45, 7) is 0.390. The van der Waals surface area contributed by atoms with Crippen LogP contribution >= 0.6 is 0 Å². The van der Waals surface area contributed by atoms with E-state index in [1.54, 1.807) is 27.3 Å². The highest BCUT2D eigenvalue weighted by atomic mass is 16.5. The van der Waals surface area contributed by atoms with Gasteiger partial charge in [-0.15, -0.1) is 0 Å². The van der Waals surface area contributed by atoms with E-state index in [-0.39, 0.29) is 29.7 Å². The number of rotatable bonds is 5. The van der Waals surface area contributed by atoms with Gasteiger partial charge >= 0.3 is 0 Å². The van der Waals surface area contributed by atoms with Crippen LogP contribution < -0.4 is 5.73 Å². The van der Waals surface area contributed by atoms with Gasteiger partial charge < -0.3 is 30.9 Å². The van der Waals surface area contributed by atoms with Crippen molar-refractivity contribution in [2.75, 3.05) is 21.2 Å². The maximum Gasteiger partial charge on any atom is 0.255 e. The van der Waals surface area contributed by atoms with E-state index >= 15 is 0 Å². The number of benzene rings is 2. The minimum absolute atomic E-state index is 0.0228. The molecule has 204 valence electrons. The Morgan fingerprint density at radius 2 is 1.87 bits per heavy atom. The molecule has 0 radical (unpaired) electrons. The lowest BCUT2D eigenvalue weighted by Gasteiger charge is -2.50. The number of amides is 1. The smallest absolute Gasteiger partial charge is 0.255 e. The lowest BCUT2D eigenvalue weighted by Crippen LogP contribution is -2.63. The number of nitrogens with zero attached hydrogens (tertiary/aromatic N) is 1. The topological polar surface area (TPSA) is 171 Å². The molecule has 0 spiro atoms. The fourth-order valence-corrected chi connectivity index (χ4v) is 6.52. The van der Waals surface area contributed by atoms with Crippen molar-refractivity contribution in [2.45, 2.75) is 31.1 Å². The number of fused-ring (bicyclic) bond motifs is 3. The quantitative estimate of drug-likeness (QED) is 0.360. The van der Waals surface area contributed by atoms with Crippen LogP contribution in [0.15, 0.2) is 59.1 Å². The van der Waals surface area contributed by atoms with Crippen molar-refractivity contribution < 1.29 is 39.5 Å². The van der Waals surface area contributed by atoms with E-state index in [1.807, 2.05) is 24.3 Å². The molecule has 3 aliphatic rings. The van der Waals surface area contributed by atoms with Gasteiger partial charge in [0.1, 0.15) is 22.8 Å². The van der Waals surface area contributed by atoms with Crippen LogP contribution in [0.1, 0.15) is 27.9 Å². The Labute approximate surface area is 224 Å². The molecule has 5 rings (SSSR count). The number of hydrogen-bond acceptors (Lipinski definition) is 9. The molecule has 0 bridgehead atoms. The average Bonchev–Trinajstić information content (AvgIpc) is 2.86. The predicted octanol–water partition coefficient (Wildman–Crippen LogP) is 1.93. The van der Waals surface area contributed by atoms with Gasteiger partial charge in [0.15, 0.2) is 11.4 Å². The Morgan fingerprint density at radius 1 is 1.15 bits per heavy atom. The third-order valence-electron chi connectivity index (χ3n) is 8.15. The number of aliphatic hydroxyl groups is 3. The Balaban J connectivity index is 1.70. The maximum absolute atomic E-state index is 13.9. The van der Waals surface area contributed by atoms with Crippen molar-refractivity contribution in [3.05, 3.63) is 75.8 Å². The van der Waals surface area contributed by atoms with Crippen LogP contribution in [0.5, 0.6) is 5.75 Å². The van der Waals surface area contributed by atoms with Gasteiger partial charge in [-0.05, 0) is 67.2 Å². The fourth-order valence-electron chi connectivity index (χ4n) is 6.52. The Morgan fingerprint density at radius 3 is 2.51 bits per heavy atom. The highest BCUT2D eigenvalue weighted by molar-refractivity contribution is 6.24. The number of allylic oxidation sites excluding steroid dienone is 1. The number of primary amides is 1. The minimum Gasteiger partial charge on any atom is -0.510 e. The van der Waals surface area contributed by atoms with Crippen LogP contribution in [-0.4, -0.2) is 75.6 Å². The van der Waals surface area contributed by atoms with Gasteiger partial charge in [-0.1, -0.05) is 24.3 Å². The van der Waals surface area contributed by atoms with Crippen molar-refractivity contribution in [2.24, 2.45) is 17.6 Å². The number of ketones is 2. The van der Waals surface area contributed by atoms with E-state index < -0.39 is 58.0 Å². The van der Waals surface area contributed by atoms with E-state index in [2.05, 4.69) is 0 Å². The number of likely N-dealkylation sites (N-methyl/N-ethyl adjacent to an activating group) is 1. The third kappa shape index (κ3) is 3.78. The summed E-state index contributed by atoms with van der Waals surface area (Å²) in [7, 11) is 4.78. The predicted molar refractivity (Wildman–Crippen MR) is 140 cm³/mol. The fraction of sp³-hybridized carbons (Fsp3) is 0.345. The van der Waals surface area contributed by atoms with Crippen LogP contribution in [0.4, 0.5) is 0 Å². The number of hydrogen-bond donors (Lipinski definition) is 5. The molecule has 2 aromatic carbocycles. The van der Waals surface area contributed by atoms with Crippen molar-refractivity contribution >= 4 is 17.5 Å². The summed E-state index contributed by atoms with van der Waals surface area (Å²) in [5.41, 5.74) is 4.69. The van der Waals surface area contributed by atoms with E-state index in [0.717, 1.165) is 16.7 Å². The van der Waals surface area contributed by atoms with Crippen LogP contribution in [0.3, 0.4) is 0 Å². The van der Waals surface area contributed by atoms with Gasteiger partial charge in [-0.2, -0.15) is 0 Å². The van der Waals surface area contributed by atoms with E-state index in [9.17, 15) is 34.8 Å². The van der Waals surface area contributed by atoms with Crippen LogP contribution in [-0.2, 0) is 27.4 Å². The monoisotopic (exact) mass is 534 g/mol. The normalized spacial score (nSPS) is 26.4.